The van der Waals surface area contributed by atoms with Gasteiger partial charge in [-0.1, -0.05) is 12.1 Å². The van der Waals surface area contributed by atoms with E-state index >= 15 is 0 Å². The maximum atomic E-state index is 12.0. The van der Waals surface area contributed by atoms with Crippen molar-refractivity contribution in [2.45, 2.75) is 19.3 Å². The number of methoxy groups -OCH3 is 1. The van der Waals surface area contributed by atoms with Crippen LogP contribution in [0, 0.1) is 11.3 Å². The summed E-state index contributed by atoms with van der Waals surface area (Å²) in [6, 6.07) is 9.59. The second-order valence-electron chi connectivity index (χ2n) is 5.72. The molecule has 0 fully saturated rings. The van der Waals surface area contributed by atoms with Crippen LogP contribution in [0.5, 0.6) is 5.75 Å². The van der Waals surface area contributed by atoms with Crippen molar-refractivity contribution in [1.29, 1.82) is 5.26 Å². The standard InChI is InChI=1S/C19H17N3O2S2/c1-24-13-8-5-12(6-9-13)7-10-17(23)21-19(25)22-18-15(11-20)14-3-2-4-16(14)26-18/h5-10H,2-4H2,1H3,(H2,21,22,23,25). The quantitative estimate of drug-likeness (QED) is 0.623. The fraction of sp³-hybridized carbons (Fsp3) is 0.211. The number of thiocarbonyl (C=S) groups is 1. The molecule has 7 heteroatoms. The molecule has 0 spiro atoms. The summed E-state index contributed by atoms with van der Waals surface area (Å²) in [5.74, 6) is 0.425. The van der Waals surface area contributed by atoms with Gasteiger partial charge in [0.2, 0.25) is 5.91 Å². The summed E-state index contributed by atoms with van der Waals surface area (Å²) < 4.78 is 5.09. The number of hydrogen-bond donors (Lipinski definition) is 2. The number of rotatable bonds is 4. The zero-order valence-corrected chi connectivity index (χ0v) is 15.8. The lowest BCUT2D eigenvalue weighted by molar-refractivity contribution is -0.115. The molecule has 1 aliphatic carbocycles. The van der Waals surface area contributed by atoms with Crippen LogP contribution >= 0.6 is 23.6 Å². The molecule has 1 aromatic heterocycles. The van der Waals surface area contributed by atoms with Crippen LogP contribution in [0.3, 0.4) is 0 Å². The van der Waals surface area contributed by atoms with Crippen LogP contribution in [-0.2, 0) is 17.6 Å². The number of nitrogens with zero attached hydrogens (tertiary/aromatic N) is 1. The van der Waals surface area contributed by atoms with Gasteiger partial charge in [0.05, 0.1) is 12.7 Å². The smallest absolute Gasteiger partial charge is 0.250 e. The number of aryl methyl sites for hydroxylation is 1. The Morgan fingerprint density at radius 3 is 2.81 bits per heavy atom. The number of benzene rings is 1. The molecule has 2 N–H and O–H groups in total. The van der Waals surface area contributed by atoms with Gasteiger partial charge in [-0.15, -0.1) is 11.3 Å². The number of nitrogens with one attached hydrogen (secondary N) is 2. The molecule has 1 amide bonds. The van der Waals surface area contributed by atoms with Gasteiger partial charge < -0.3 is 10.1 Å². The minimum Gasteiger partial charge on any atom is -0.497 e. The number of nitriles is 1. The van der Waals surface area contributed by atoms with Gasteiger partial charge in [-0.3, -0.25) is 10.1 Å². The molecule has 2 aromatic rings. The van der Waals surface area contributed by atoms with Crippen molar-refractivity contribution in [3.8, 4) is 11.8 Å². The minimum atomic E-state index is -0.332. The van der Waals surface area contributed by atoms with Crippen LogP contribution in [0.15, 0.2) is 30.3 Å². The van der Waals surface area contributed by atoms with Crippen molar-refractivity contribution in [3.63, 3.8) is 0 Å². The summed E-state index contributed by atoms with van der Waals surface area (Å²) in [5, 5.41) is 15.9. The molecule has 0 atom stereocenters. The number of carbonyl (C=O) groups is 1. The Morgan fingerprint density at radius 2 is 2.12 bits per heavy atom. The second kappa shape index (κ2) is 8.13. The van der Waals surface area contributed by atoms with E-state index in [1.807, 2.05) is 24.3 Å². The monoisotopic (exact) mass is 383 g/mol. The Bertz CT molecular complexity index is 908. The molecule has 0 saturated carbocycles. The minimum absolute atomic E-state index is 0.186. The van der Waals surface area contributed by atoms with E-state index in [2.05, 4.69) is 16.7 Å². The molecule has 5 nitrogen and oxygen atoms in total. The first-order valence-corrected chi connectivity index (χ1v) is 9.32. The summed E-state index contributed by atoms with van der Waals surface area (Å²) in [6.07, 6.45) is 6.13. The number of fused-ring (bicyclic) bond motifs is 1. The number of thiophene rings is 1. The molecule has 26 heavy (non-hydrogen) atoms. The summed E-state index contributed by atoms with van der Waals surface area (Å²) >= 11 is 6.73. The number of carbonyl (C=O) groups excluding carboxylic acids is 1. The Morgan fingerprint density at radius 1 is 1.35 bits per heavy atom. The molecule has 0 saturated heterocycles. The predicted octanol–water partition coefficient (Wildman–Crippen LogP) is 3.64. The maximum absolute atomic E-state index is 12.0. The lowest BCUT2D eigenvalue weighted by Gasteiger charge is -2.07. The Labute approximate surface area is 161 Å². The van der Waals surface area contributed by atoms with Gasteiger partial charge in [-0.2, -0.15) is 5.26 Å². The predicted molar refractivity (Wildman–Crippen MR) is 107 cm³/mol. The van der Waals surface area contributed by atoms with Crippen LogP contribution < -0.4 is 15.4 Å². The highest BCUT2D eigenvalue weighted by Gasteiger charge is 2.22. The van der Waals surface area contributed by atoms with E-state index in [-0.39, 0.29) is 11.0 Å². The number of ether oxygens (including phenoxy) is 1. The van der Waals surface area contributed by atoms with Crippen LogP contribution in [0.1, 0.15) is 28.0 Å². The van der Waals surface area contributed by atoms with Crippen LogP contribution in [-0.4, -0.2) is 18.1 Å². The first kappa shape index (κ1) is 18.1. The van der Waals surface area contributed by atoms with E-state index in [4.69, 9.17) is 17.0 Å². The SMILES string of the molecule is COc1ccc(C=CC(=O)NC(=S)Nc2sc3c(c2C#N)CCC3)cc1. The van der Waals surface area contributed by atoms with Crippen molar-refractivity contribution in [2.24, 2.45) is 0 Å². The fourth-order valence-corrected chi connectivity index (χ4v) is 4.30. The van der Waals surface area contributed by atoms with Crippen molar-refractivity contribution >= 4 is 45.7 Å². The van der Waals surface area contributed by atoms with Crippen LogP contribution in [0.4, 0.5) is 5.00 Å². The lowest BCUT2D eigenvalue weighted by Crippen LogP contribution is -2.32. The summed E-state index contributed by atoms with van der Waals surface area (Å²) in [7, 11) is 1.60. The average Bonchev–Trinajstić information content (AvgIpc) is 3.20. The number of amides is 1. The molecule has 1 aromatic carbocycles. The Hall–Kier alpha value is -2.69. The van der Waals surface area contributed by atoms with Gasteiger partial charge in [0, 0.05) is 11.0 Å². The molecule has 1 aliphatic rings. The number of anilines is 1. The Balaban J connectivity index is 1.59. The topological polar surface area (TPSA) is 74.2 Å². The van der Waals surface area contributed by atoms with E-state index in [0.29, 0.717) is 10.6 Å². The molecule has 0 unspecified atom stereocenters. The van der Waals surface area contributed by atoms with Gasteiger partial charge in [-0.25, -0.2) is 0 Å². The second-order valence-corrected chi connectivity index (χ2v) is 7.24. The molecule has 1 heterocycles. The van der Waals surface area contributed by atoms with Gasteiger partial charge in [-0.05, 0) is 60.8 Å². The van der Waals surface area contributed by atoms with Crippen molar-refractivity contribution < 1.29 is 9.53 Å². The maximum Gasteiger partial charge on any atom is 0.250 e. The molecule has 132 valence electrons. The first-order chi connectivity index (χ1) is 12.6. The number of hydrogen-bond acceptors (Lipinski definition) is 5. The summed E-state index contributed by atoms with van der Waals surface area (Å²) in [5.41, 5.74) is 2.64. The van der Waals surface area contributed by atoms with Gasteiger partial charge in [0.25, 0.3) is 0 Å². The Kier molecular flexibility index (Phi) is 5.66. The largest absolute Gasteiger partial charge is 0.497 e. The third-order valence-electron chi connectivity index (χ3n) is 4.04. The average molecular weight is 383 g/mol. The highest BCUT2D eigenvalue weighted by molar-refractivity contribution is 7.80. The third-order valence-corrected chi connectivity index (χ3v) is 5.45. The normalized spacial score (nSPS) is 12.5. The zero-order chi connectivity index (χ0) is 18.5. The molecular weight excluding hydrogens is 366 g/mol. The van der Waals surface area contributed by atoms with E-state index in [1.54, 1.807) is 24.5 Å². The summed E-state index contributed by atoms with van der Waals surface area (Å²) in [6.45, 7) is 0. The third kappa shape index (κ3) is 4.10. The summed E-state index contributed by atoms with van der Waals surface area (Å²) in [4.78, 5) is 13.3. The van der Waals surface area contributed by atoms with Crippen molar-refractivity contribution in [3.05, 3.63) is 51.9 Å². The molecule has 0 bridgehead atoms. The molecule has 0 radical (unpaired) electrons. The van der Waals surface area contributed by atoms with E-state index in [9.17, 15) is 10.1 Å². The fourth-order valence-electron chi connectivity index (χ4n) is 2.79. The van der Waals surface area contributed by atoms with E-state index in [0.717, 1.165) is 36.1 Å². The molecular formula is C19H17N3O2S2. The van der Waals surface area contributed by atoms with Crippen LogP contribution in [0.25, 0.3) is 6.08 Å². The molecule has 0 aliphatic heterocycles. The van der Waals surface area contributed by atoms with Gasteiger partial charge in [0.15, 0.2) is 5.11 Å². The van der Waals surface area contributed by atoms with E-state index in [1.165, 1.54) is 11.0 Å². The van der Waals surface area contributed by atoms with Gasteiger partial charge >= 0.3 is 0 Å². The highest BCUT2D eigenvalue weighted by atomic mass is 32.1. The van der Waals surface area contributed by atoms with Crippen LogP contribution in [0.2, 0.25) is 0 Å². The van der Waals surface area contributed by atoms with Crippen molar-refractivity contribution in [1.82, 2.24) is 5.32 Å². The highest BCUT2D eigenvalue weighted by Crippen LogP contribution is 2.38. The first-order valence-electron chi connectivity index (χ1n) is 8.09. The molecule has 3 rings (SSSR count). The zero-order valence-electron chi connectivity index (χ0n) is 14.2. The lowest BCUT2D eigenvalue weighted by atomic mass is 10.1. The van der Waals surface area contributed by atoms with E-state index < -0.39 is 0 Å². The van der Waals surface area contributed by atoms with Gasteiger partial charge in [0.1, 0.15) is 16.8 Å². The van der Waals surface area contributed by atoms with Crippen molar-refractivity contribution in [2.75, 3.05) is 12.4 Å².